The molecule has 3 aromatic rings. The number of allylic oxidation sites excluding steroid dienone is 1. The molecule has 0 saturated carbocycles. The van der Waals surface area contributed by atoms with Crippen LogP contribution < -0.4 is 0 Å². The monoisotopic (exact) mass is 384 g/mol. The molecule has 2 nitrogen and oxygen atoms in total. The average Bonchev–Trinajstić information content (AvgIpc) is 2.87. The number of benzene rings is 2. The van der Waals surface area contributed by atoms with E-state index in [-0.39, 0.29) is 0 Å². The van der Waals surface area contributed by atoms with Crippen LogP contribution in [0.5, 0.6) is 0 Å². The van der Waals surface area contributed by atoms with E-state index in [0.717, 1.165) is 30.6 Å². The second-order valence-corrected chi connectivity index (χ2v) is 8.08. The second kappa shape index (κ2) is 6.77. The van der Waals surface area contributed by atoms with E-state index in [1.54, 1.807) is 6.07 Å². The number of fused-ring (bicyclic) bond motifs is 3. The van der Waals surface area contributed by atoms with Gasteiger partial charge in [0.1, 0.15) is 0 Å². The molecule has 0 unspecified atom stereocenters. The van der Waals surface area contributed by atoms with Crippen LogP contribution in [0.2, 0.25) is 10.0 Å². The van der Waals surface area contributed by atoms with Gasteiger partial charge in [0, 0.05) is 46.8 Å². The summed E-state index contributed by atoms with van der Waals surface area (Å²) in [5, 5.41) is 2.71. The molecule has 0 saturated heterocycles. The van der Waals surface area contributed by atoms with Crippen molar-refractivity contribution in [2.75, 3.05) is 13.6 Å². The van der Waals surface area contributed by atoms with Gasteiger partial charge in [0.05, 0.1) is 5.52 Å². The first-order valence-corrected chi connectivity index (χ1v) is 9.64. The zero-order valence-corrected chi connectivity index (χ0v) is 16.8. The van der Waals surface area contributed by atoms with Crippen molar-refractivity contribution in [2.45, 2.75) is 26.8 Å². The van der Waals surface area contributed by atoms with Gasteiger partial charge in [-0.05, 0) is 61.9 Å². The highest BCUT2D eigenvalue weighted by molar-refractivity contribution is 6.35. The molecular weight excluding hydrogens is 363 g/mol. The summed E-state index contributed by atoms with van der Waals surface area (Å²) in [5.74, 6) is 0. The first-order chi connectivity index (χ1) is 12.4. The van der Waals surface area contributed by atoms with Crippen molar-refractivity contribution >= 4 is 45.9 Å². The van der Waals surface area contributed by atoms with Crippen molar-refractivity contribution in [1.29, 1.82) is 0 Å². The summed E-state index contributed by atoms with van der Waals surface area (Å²) in [5.41, 5.74) is 7.57. The molecule has 2 heterocycles. The fraction of sp³-hybridized carbons (Fsp3) is 0.273. The number of likely N-dealkylation sites (N-methyl/N-ethyl adjacent to an activating group) is 1. The third-order valence-corrected chi connectivity index (χ3v) is 5.76. The fourth-order valence-electron chi connectivity index (χ4n) is 3.86. The third kappa shape index (κ3) is 3.07. The van der Waals surface area contributed by atoms with Gasteiger partial charge in [-0.1, -0.05) is 40.9 Å². The van der Waals surface area contributed by atoms with Crippen LogP contribution in [-0.4, -0.2) is 23.1 Å². The molecule has 0 N–H and O–H groups in total. The van der Waals surface area contributed by atoms with Gasteiger partial charge in [-0.25, -0.2) is 0 Å². The first kappa shape index (κ1) is 17.7. The highest BCUT2D eigenvalue weighted by atomic mass is 35.5. The van der Waals surface area contributed by atoms with Gasteiger partial charge < -0.3 is 9.47 Å². The average molecular weight is 385 g/mol. The number of nitrogens with zero attached hydrogens (tertiary/aromatic N) is 2. The van der Waals surface area contributed by atoms with Gasteiger partial charge in [-0.2, -0.15) is 0 Å². The molecule has 0 fully saturated rings. The fourth-order valence-corrected chi connectivity index (χ4v) is 4.42. The molecule has 1 aromatic heterocycles. The summed E-state index contributed by atoms with van der Waals surface area (Å²) in [6.45, 7) is 6.34. The van der Waals surface area contributed by atoms with Crippen LogP contribution in [0.15, 0.2) is 36.4 Å². The largest absolute Gasteiger partial charge is 0.320 e. The number of hydrogen-bond acceptors (Lipinski definition) is 1. The number of aryl methyl sites for hydroxylation is 1. The molecule has 0 atom stereocenters. The first-order valence-electron chi connectivity index (χ1n) is 8.88. The van der Waals surface area contributed by atoms with Crippen molar-refractivity contribution in [2.24, 2.45) is 0 Å². The molecule has 4 heteroatoms. The topological polar surface area (TPSA) is 8.17 Å². The normalized spacial score (nSPS) is 15.5. The summed E-state index contributed by atoms with van der Waals surface area (Å²) >= 11 is 12.5. The highest BCUT2D eigenvalue weighted by Gasteiger charge is 2.22. The van der Waals surface area contributed by atoms with E-state index in [0.29, 0.717) is 10.0 Å². The van der Waals surface area contributed by atoms with Crippen molar-refractivity contribution in [3.63, 3.8) is 0 Å². The van der Waals surface area contributed by atoms with Crippen molar-refractivity contribution in [1.82, 2.24) is 9.47 Å². The molecule has 26 heavy (non-hydrogen) atoms. The predicted octanol–water partition coefficient (Wildman–Crippen LogP) is 6.26. The van der Waals surface area contributed by atoms with Crippen molar-refractivity contribution in [3.8, 4) is 0 Å². The molecular formula is C22H22Cl2N2. The maximum Gasteiger partial charge on any atom is 0.0529 e. The zero-order chi connectivity index (χ0) is 18.4. The van der Waals surface area contributed by atoms with E-state index in [4.69, 9.17) is 23.2 Å². The Morgan fingerprint density at radius 2 is 1.92 bits per heavy atom. The maximum absolute atomic E-state index is 6.42. The van der Waals surface area contributed by atoms with Crippen LogP contribution in [0.3, 0.4) is 0 Å². The Morgan fingerprint density at radius 3 is 2.69 bits per heavy atom. The molecule has 1 aliphatic rings. The molecule has 134 valence electrons. The molecule has 0 radical (unpaired) electrons. The zero-order valence-electron chi connectivity index (χ0n) is 15.3. The molecule has 1 aliphatic heterocycles. The summed E-state index contributed by atoms with van der Waals surface area (Å²) in [4.78, 5) is 2.39. The molecule has 2 aromatic carbocycles. The lowest BCUT2D eigenvalue weighted by Gasteiger charge is -2.23. The summed E-state index contributed by atoms with van der Waals surface area (Å²) in [7, 11) is 2.19. The van der Waals surface area contributed by atoms with Crippen LogP contribution in [-0.2, 0) is 13.0 Å². The minimum absolute atomic E-state index is 0.661. The summed E-state index contributed by atoms with van der Waals surface area (Å²) in [6, 6.07) is 12.4. The molecule has 0 amide bonds. The summed E-state index contributed by atoms with van der Waals surface area (Å²) in [6.07, 6.45) is 3.27. The van der Waals surface area contributed by atoms with Gasteiger partial charge >= 0.3 is 0 Å². The van der Waals surface area contributed by atoms with E-state index < -0.39 is 0 Å². The van der Waals surface area contributed by atoms with E-state index in [2.05, 4.69) is 54.8 Å². The van der Waals surface area contributed by atoms with Gasteiger partial charge in [-0.15, -0.1) is 0 Å². The number of rotatable bonds is 2. The Bertz CT molecular complexity index is 1030. The summed E-state index contributed by atoms with van der Waals surface area (Å²) < 4.78 is 2.36. The van der Waals surface area contributed by atoms with Gasteiger partial charge in [0.15, 0.2) is 0 Å². The van der Waals surface area contributed by atoms with Gasteiger partial charge in [0.25, 0.3) is 0 Å². The van der Waals surface area contributed by atoms with E-state index >= 15 is 0 Å². The standard InChI is InChI=1S/C22H22Cl2N2/c1-14-4-7-21-18(10-14)19-13-25(3)9-8-22(19)26(21)12-15(2)17-6-5-16(23)11-20(17)24/h4-7,10-12H,8-9,13H2,1-3H3. The maximum atomic E-state index is 6.42. The molecule has 4 rings (SSSR count). The van der Waals surface area contributed by atoms with Crippen molar-refractivity contribution < 1.29 is 0 Å². The number of hydrogen-bond donors (Lipinski definition) is 0. The minimum atomic E-state index is 0.661. The Morgan fingerprint density at radius 1 is 1.12 bits per heavy atom. The Hall–Kier alpha value is -1.74. The minimum Gasteiger partial charge on any atom is -0.320 e. The molecule has 0 spiro atoms. The van der Waals surface area contributed by atoms with Crippen LogP contribution in [0.4, 0.5) is 0 Å². The Balaban J connectivity index is 1.91. The highest BCUT2D eigenvalue weighted by Crippen LogP contribution is 2.34. The lowest BCUT2D eigenvalue weighted by Crippen LogP contribution is -2.26. The Labute approximate surface area is 164 Å². The van der Waals surface area contributed by atoms with Crippen LogP contribution in [0, 0.1) is 6.92 Å². The third-order valence-electron chi connectivity index (χ3n) is 5.21. The van der Waals surface area contributed by atoms with Gasteiger partial charge in [-0.3, -0.25) is 0 Å². The van der Waals surface area contributed by atoms with E-state index in [1.165, 1.54) is 27.7 Å². The van der Waals surface area contributed by atoms with E-state index in [1.807, 2.05) is 12.1 Å². The van der Waals surface area contributed by atoms with E-state index in [9.17, 15) is 0 Å². The lowest BCUT2D eigenvalue weighted by atomic mass is 10.0. The SMILES string of the molecule is CC(=Cn1c2c(c3cc(C)ccc31)CN(C)CC2)c1ccc(Cl)cc1Cl. The molecule has 0 aliphatic carbocycles. The number of halogens is 2. The Kier molecular flexibility index (Phi) is 4.60. The lowest BCUT2D eigenvalue weighted by molar-refractivity contribution is 0.312. The van der Waals surface area contributed by atoms with Crippen molar-refractivity contribution in [3.05, 3.63) is 68.8 Å². The van der Waals surface area contributed by atoms with Gasteiger partial charge in [0.2, 0.25) is 0 Å². The van der Waals surface area contributed by atoms with Crippen LogP contribution in [0.1, 0.15) is 29.3 Å². The van der Waals surface area contributed by atoms with Crippen LogP contribution in [0.25, 0.3) is 22.7 Å². The second-order valence-electron chi connectivity index (χ2n) is 7.24. The predicted molar refractivity (Wildman–Crippen MR) is 113 cm³/mol. The quantitative estimate of drug-likeness (QED) is 0.505. The smallest absolute Gasteiger partial charge is 0.0529 e. The number of aromatic nitrogens is 1. The van der Waals surface area contributed by atoms with Crippen LogP contribution >= 0.6 is 23.2 Å². The molecule has 0 bridgehead atoms.